The molecule has 8 heteroatoms. The molecule has 7 nitrogen and oxygen atoms in total. The number of ether oxygens (including phenoxy) is 1. The monoisotopic (exact) mass is 430 g/mol. The molecular weight excluding hydrogens is 400 g/mol. The summed E-state index contributed by atoms with van der Waals surface area (Å²) < 4.78 is 28.6. The number of nitrogens with zero attached hydrogens (tertiary/aromatic N) is 1. The molecular formula is C22H30N4O3S. The molecule has 0 aliphatic heterocycles. The van der Waals surface area contributed by atoms with E-state index in [0.717, 1.165) is 42.4 Å². The van der Waals surface area contributed by atoms with Crippen LogP contribution in [0.25, 0.3) is 0 Å². The molecule has 0 radical (unpaired) electrons. The third-order valence-electron chi connectivity index (χ3n) is 4.85. The van der Waals surface area contributed by atoms with Gasteiger partial charge in [0.1, 0.15) is 5.75 Å². The maximum absolute atomic E-state index is 11.3. The van der Waals surface area contributed by atoms with E-state index in [2.05, 4.69) is 15.6 Å². The Hall–Kier alpha value is -2.58. The summed E-state index contributed by atoms with van der Waals surface area (Å²) in [5.41, 5.74) is 2.08. The van der Waals surface area contributed by atoms with Crippen LogP contribution in [0.1, 0.15) is 30.9 Å². The van der Waals surface area contributed by atoms with Gasteiger partial charge >= 0.3 is 0 Å². The molecule has 1 fully saturated rings. The van der Waals surface area contributed by atoms with Gasteiger partial charge in [-0.15, -0.1) is 0 Å². The molecule has 0 atom stereocenters. The smallest absolute Gasteiger partial charge is 0.238 e. The van der Waals surface area contributed by atoms with Gasteiger partial charge in [0.15, 0.2) is 5.96 Å². The van der Waals surface area contributed by atoms with E-state index >= 15 is 0 Å². The Morgan fingerprint density at radius 3 is 2.53 bits per heavy atom. The first-order valence-electron chi connectivity index (χ1n) is 10.3. The van der Waals surface area contributed by atoms with Crippen molar-refractivity contribution in [3.63, 3.8) is 0 Å². The Morgan fingerprint density at radius 2 is 1.87 bits per heavy atom. The molecule has 162 valence electrons. The molecule has 1 aliphatic carbocycles. The maximum atomic E-state index is 11.3. The first-order chi connectivity index (χ1) is 14.5. The van der Waals surface area contributed by atoms with Gasteiger partial charge in [-0.25, -0.2) is 18.5 Å². The van der Waals surface area contributed by atoms with Crippen molar-refractivity contribution in [1.82, 2.24) is 10.6 Å². The second kappa shape index (κ2) is 10.4. The van der Waals surface area contributed by atoms with Crippen LogP contribution in [0.15, 0.2) is 58.4 Å². The Balaban J connectivity index is 1.54. The number of aliphatic imine (C=N–C) groups is 1. The van der Waals surface area contributed by atoms with Crippen molar-refractivity contribution in [2.75, 3.05) is 19.7 Å². The number of hydrogen-bond donors (Lipinski definition) is 3. The zero-order valence-electron chi connectivity index (χ0n) is 17.3. The second-order valence-corrected chi connectivity index (χ2v) is 8.98. The normalized spacial score (nSPS) is 14.4. The summed E-state index contributed by atoms with van der Waals surface area (Å²) in [7, 11) is -3.66. The highest BCUT2D eigenvalue weighted by Gasteiger charge is 2.22. The Bertz CT molecular complexity index is 955. The molecule has 0 spiro atoms. The van der Waals surface area contributed by atoms with Crippen LogP contribution in [-0.4, -0.2) is 34.1 Å². The fourth-order valence-electron chi connectivity index (χ4n) is 2.94. The topological polar surface area (TPSA) is 106 Å². The van der Waals surface area contributed by atoms with Gasteiger partial charge in [0.2, 0.25) is 10.0 Å². The first kappa shape index (κ1) is 22.1. The molecule has 30 heavy (non-hydrogen) atoms. The van der Waals surface area contributed by atoms with Gasteiger partial charge < -0.3 is 15.4 Å². The number of sulfonamides is 1. The Morgan fingerprint density at radius 1 is 1.13 bits per heavy atom. The van der Waals surface area contributed by atoms with E-state index in [0.29, 0.717) is 19.0 Å². The van der Waals surface area contributed by atoms with Crippen molar-refractivity contribution >= 4 is 16.0 Å². The van der Waals surface area contributed by atoms with Gasteiger partial charge in [0.05, 0.1) is 18.0 Å². The van der Waals surface area contributed by atoms with Gasteiger partial charge in [-0.05, 0) is 55.9 Å². The number of nitrogens with one attached hydrogen (secondary N) is 2. The van der Waals surface area contributed by atoms with E-state index in [1.807, 2.05) is 31.2 Å². The lowest BCUT2D eigenvalue weighted by Crippen LogP contribution is -2.38. The summed E-state index contributed by atoms with van der Waals surface area (Å²) in [5, 5.41) is 11.7. The van der Waals surface area contributed by atoms with Crippen LogP contribution in [0.4, 0.5) is 0 Å². The van der Waals surface area contributed by atoms with Crippen molar-refractivity contribution < 1.29 is 13.2 Å². The van der Waals surface area contributed by atoms with E-state index in [9.17, 15) is 8.42 Å². The average molecular weight is 431 g/mol. The second-order valence-electron chi connectivity index (χ2n) is 7.42. The van der Waals surface area contributed by atoms with Gasteiger partial charge in [-0.3, -0.25) is 0 Å². The average Bonchev–Trinajstić information content (AvgIpc) is 3.55. The molecule has 3 rings (SSSR count). The number of hydrogen-bond acceptors (Lipinski definition) is 4. The van der Waals surface area contributed by atoms with E-state index < -0.39 is 10.0 Å². The fraction of sp³-hybridized carbons (Fsp3) is 0.409. The van der Waals surface area contributed by atoms with Crippen LogP contribution in [0.5, 0.6) is 5.75 Å². The minimum Gasteiger partial charge on any atom is -0.493 e. The zero-order valence-corrected chi connectivity index (χ0v) is 18.1. The molecule has 0 amide bonds. The molecule has 0 aromatic heterocycles. The molecule has 0 bridgehead atoms. The van der Waals surface area contributed by atoms with Crippen LogP contribution in [0, 0.1) is 5.92 Å². The van der Waals surface area contributed by atoms with Crippen molar-refractivity contribution in [3.05, 3.63) is 59.7 Å². The van der Waals surface area contributed by atoms with E-state index in [1.165, 1.54) is 25.0 Å². The minimum absolute atomic E-state index is 0.122. The van der Waals surface area contributed by atoms with Crippen molar-refractivity contribution in [3.8, 4) is 5.75 Å². The lowest BCUT2D eigenvalue weighted by atomic mass is 10.1. The highest BCUT2D eigenvalue weighted by atomic mass is 32.2. The summed E-state index contributed by atoms with van der Waals surface area (Å²) in [6.45, 7) is 4.76. The zero-order chi connectivity index (χ0) is 21.4. The van der Waals surface area contributed by atoms with Crippen molar-refractivity contribution in [2.45, 2.75) is 37.6 Å². The van der Waals surface area contributed by atoms with Crippen molar-refractivity contribution in [1.29, 1.82) is 0 Å². The summed E-state index contributed by atoms with van der Waals surface area (Å²) in [6, 6.07) is 14.6. The van der Waals surface area contributed by atoms with Crippen LogP contribution in [0.2, 0.25) is 0 Å². The molecule has 2 aromatic carbocycles. The summed E-state index contributed by atoms with van der Waals surface area (Å²) in [5.74, 6) is 2.34. The Labute approximate surface area is 178 Å². The molecule has 0 heterocycles. The largest absolute Gasteiger partial charge is 0.493 e. The third-order valence-corrected chi connectivity index (χ3v) is 5.78. The highest BCUT2D eigenvalue weighted by Crippen LogP contribution is 2.30. The lowest BCUT2D eigenvalue weighted by molar-refractivity contribution is 0.297. The molecule has 4 N–H and O–H groups in total. The van der Waals surface area contributed by atoms with E-state index in [-0.39, 0.29) is 4.90 Å². The maximum Gasteiger partial charge on any atom is 0.238 e. The third kappa shape index (κ3) is 7.03. The number of nitrogens with two attached hydrogens (primary N) is 1. The Kier molecular flexibility index (Phi) is 7.70. The molecule has 1 aliphatic rings. The number of primary sulfonamides is 1. The van der Waals surface area contributed by atoms with Crippen LogP contribution in [-0.2, 0) is 23.0 Å². The first-order valence-corrected chi connectivity index (χ1v) is 11.8. The summed E-state index contributed by atoms with van der Waals surface area (Å²) >= 11 is 0. The number of rotatable bonds is 10. The van der Waals surface area contributed by atoms with E-state index in [4.69, 9.17) is 9.88 Å². The minimum atomic E-state index is -3.66. The predicted molar refractivity (Wildman–Crippen MR) is 119 cm³/mol. The summed E-state index contributed by atoms with van der Waals surface area (Å²) in [6.07, 6.45) is 3.26. The summed E-state index contributed by atoms with van der Waals surface area (Å²) in [4.78, 5) is 4.81. The standard InChI is InChI=1S/C22H30N4O3S/c1-2-24-22(25-14-13-17-9-11-20(12-10-17)30(23,27)28)26-15-19-5-3-4-6-21(19)29-16-18-7-8-18/h3-6,9-12,18H,2,7-8,13-16H2,1H3,(H2,23,27,28)(H2,24,25,26). The lowest BCUT2D eigenvalue weighted by Gasteiger charge is -2.13. The van der Waals surface area contributed by atoms with Gasteiger partial charge in [-0.1, -0.05) is 30.3 Å². The van der Waals surface area contributed by atoms with Crippen molar-refractivity contribution in [2.24, 2.45) is 16.0 Å². The fourth-order valence-corrected chi connectivity index (χ4v) is 3.46. The van der Waals surface area contributed by atoms with Gasteiger partial charge in [0, 0.05) is 18.7 Å². The van der Waals surface area contributed by atoms with Crippen LogP contribution in [0.3, 0.4) is 0 Å². The van der Waals surface area contributed by atoms with Gasteiger partial charge in [0.25, 0.3) is 0 Å². The van der Waals surface area contributed by atoms with E-state index in [1.54, 1.807) is 12.1 Å². The van der Waals surface area contributed by atoms with Crippen LogP contribution < -0.4 is 20.5 Å². The van der Waals surface area contributed by atoms with Gasteiger partial charge in [-0.2, -0.15) is 0 Å². The number of guanidine groups is 1. The molecule has 0 saturated heterocycles. The predicted octanol–water partition coefficient (Wildman–Crippen LogP) is 2.42. The number of para-hydroxylation sites is 1. The molecule has 1 saturated carbocycles. The molecule has 0 unspecified atom stereocenters. The van der Waals surface area contributed by atoms with Crippen LogP contribution >= 0.6 is 0 Å². The highest BCUT2D eigenvalue weighted by molar-refractivity contribution is 7.89. The quantitative estimate of drug-likeness (QED) is 0.397. The molecule has 2 aromatic rings. The number of benzene rings is 2. The SMILES string of the molecule is CCNC(=NCc1ccccc1OCC1CC1)NCCc1ccc(S(N)(=O)=O)cc1.